The van der Waals surface area contributed by atoms with Gasteiger partial charge in [-0.1, -0.05) is 0 Å². The Kier molecular flexibility index (Phi) is 4.17. The van der Waals surface area contributed by atoms with Crippen molar-refractivity contribution >= 4 is 14.3 Å². The van der Waals surface area contributed by atoms with Crippen molar-refractivity contribution in [2.75, 3.05) is 6.61 Å². The molecule has 1 rings (SSSR count). The minimum atomic E-state index is -1.79. The molecule has 0 atom stereocenters. The molecule has 0 radical (unpaired) electrons. The van der Waals surface area contributed by atoms with E-state index >= 15 is 0 Å². The number of ether oxygens (including phenoxy) is 1. The van der Waals surface area contributed by atoms with Crippen molar-refractivity contribution in [2.45, 2.75) is 26.6 Å². The van der Waals surface area contributed by atoms with Crippen molar-refractivity contribution in [3.05, 3.63) is 23.8 Å². The van der Waals surface area contributed by atoms with Crippen molar-refractivity contribution in [3.8, 4) is 11.5 Å². The van der Waals surface area contributed by atoms with E-state index in [1.54, 1.807) is 6.07 Å². The summed E-state index contributed by atoms with van der Waals surface area (Å²) in [6, 6.07) is 4.68. The van der Waals surface area contributed by atoms with E-state index < -0.39 is 14.3 Å². The van der Waals surface area contributed by atoms with Gasteiger partial charge in [0.2, 0.25) is 8.32 Å². The molecule has 0 heterocycles. The zero-order chi connectivity index (χ0) is 13.1. The zero-order valence-corrected chi connectivity index (χ0v) is 11.6. The maximum Gasteiger partial charge on any atom is 0.335 e. The first-order valence-corrected chi connectivity index (χ1v) is 8.93. The number of hydrogen-bond donors (Lipinski definition) is 1. The van der Waals surface area contributed by atoms with Gasteiger partial charge in [0.25, 0.3) is 0 Å². The van der Waals surface area contributed by atoms with Gasteiger partial charge in [-0.05, 0) is 44.8 Å². The second kappa shape index (κ2) is 5.22. The maximum absolute atomic E-state index is 10.9. The lowest BCUT2D eigenvalue weighted by Crippen LogP contribution is -2.29. The smallest absolute Gasteiger partial charge is 0.335 e. The van der Waals surface area contributed by atoms with Crippen LogP contribution in [0.2, 0.25) is 19.6 Å². The van der Waals surface area contributed by atoms with E-state index in [9.17, 15) is 4.79 Å². The van der Waals surface area contributed by atoms with Crippen LogP contribution < -0.4 is 9.16 Å². The summed E-state index contributed by atoms with van der Waals surface area (Å²) < 4.78 is 11.2. The summed E-state index contributed by atoms with van der Waals surface area (Å²) in [5.74, 6) is 0.152. The van der Waals surface area contributed by atoms with Gasteiger partial charge in [0.1, 0.15) is 5.75 Å². The van der Waals surface area contributed by atoms with Crippen molar-refractivity contribution in [3.63, 3.8) is 0 Å². The Labute approximate surface area is 102 Å². The first-order valence-electron chi connectivity index (χ1n) is 5.52. The molecule has 0 aromatic heterocycles. The van der Waals surface area contributed by atoms with E-state index in [4.69, 9.17) is 14.3 Å². The summed E-state index contributed by atoms with van der Waals surface area (Å²) in [4.78, 5) is 10.9. The van der Waals surface area contributed by atoms with Gasteiger partial charge in [-0.25, -0.2) is 4.79 Å². The minimum absolute atomic E-state index is 0.210. The molecular formula is C12H18O4Si. The van der Waals surface area contributed by atoms with E-state index in [1.807, 2.05) is 26.6 Å². The molecule has 17 heavy (non-hydrogen) atoms. The van der Waals surface area contributed by atoms with Gasteiger partial charge in [-0.2, -0.15) is 0 Å². The average Bonchev–Trinajstić information content (AvgIpc) is 2.18. The normalized spacial score (nSPS) is 11.1. The first-order chi connectivity index (χ1) is 7.83. The lowest BCUT2D eigenvalue weighted by molar-refractivity contribution is 0.0696. The predicted molar refractivity (Wildman–Crippen MR) is 68.5 cm³/mol. The monoisotopic (exact) mass is 254 g/mol. The number of carboxylic acid groups (broad SMARTS) is 1. The van der Waals surface area contributed by atoms with E-state index in [0.29, 0.717) is 18.1 Å². The molecule has 0 aliphatic carbocycles. The average molecular weight is 254 g/mol. The third-order valence-electron chi connectivity index (χ3n) is 1.91. The van der Waals surface area contributed by atoms with Gasteiger partial charge in [-0.3, -0.25) is 0 Å². The first kappa shape index (κ1) is 13.6. The van der Waals surface area contributed by atoms with Crippen LogP contribution in [0.15, 0.2) is 18.2 Å². The fraction of sp³-hybridized carbons (Fsp3) is 0.417. The molecule has 5 heteroatoms. The molecule has 1 aromatic carbocycles. The topological polar surface area (TPSA) is 55.8 Å². The van der Waals surface area contributed by atoms with Crippen LogP contribution in [-0.4, -0.2) is 26.0 Å². The quantitative estimate of drug-likeness (QED) is 0.821. The molecule has 0 saturated carbocycles. The summed E-state index contributed by atoms with van der Waals surface area (Å²) in [5.41, 5.74) is 0.210. The second-order valence-corrected chi connectivity index (χ2v) is 9.04. The molecule has 0 spiro atoms. The number of aromatic carboxylic acids is 1. The highest BCUT2D eigenvalue weighted by Gasteiger charge is 2.20. The number of carboxylic acids is 1. The number of carbonyl (C=O) groups is 1. The summed E-state index contributed by atoms with van der Waals surface area (Å²) in [7, 11) is -1.79. The van der Waals surface area contributed by atoms with Gasteiger partial charge in [-0.15, -0.1) is 0 Å². The highest BCUT2D eigenvalue weighted by molar-refractivity contribution is 6.70. The molecule has 94 valence electrons. The fourth-order valence-electron chi connectivity index (χ4n) is 1.33. The third kappa shape index (κ3) is 4.11. The SMILES string of the molecule is CCOc1ccc(C(=O)O)cc1O[Si](C)(C)C. The Bertz CT molecular complexity index is 409. The fourth-order valence-corrected chi connectivity index (χ4v) is 2.14. The lowest BCUT2D eigenvalue weighted by atomic mass is 10.2. The van der Waals surface area contributed by atoms with Crippen LogP contribution in [-0.2, 0) is 0 Å². The minimum Gasteiger partial charge on any atom is -0.542 e. The zero-order valence-electron chi connectivity index (χ0n) is 10.6. The Morgan fingerprint density at radius 3 is 2.41 bits per heavy atom. The third-order valence-corrected chi connectivity index (χ3v) is 2.74. The predicted octanol–water partition coefficient (Wildman–Crippen LogP) is 3.00. The summed E-state index contributed by atoms with van der Waals surface area (Å²) in [6.45, 7) is 8.51. The van der Waals surface area contributed by atoms with E-state index in [-0.39, 0.29) is 5.56 Å². The maximum atomic E-state index is 10.9. The molecule has 0 amide bonds. The van der Waals surface area contributed by atoms with Gasteiger partial charge < -0.3 is 14.3 Å². The molecule has 1 N–H and O–H groups in total. The molecule has 0 unspecified atom stereocenters. The lowest BCUT2D eigenvalue weighted by Gasteiger charge is -2.21. The van der Waals surface area contributed by atoms with Crippen molar-refractivity contribution in [1.82, 2.24) is 0 Å². The Morgan fingerprint density at radius 2 is 1.94 bits per heavy atom. The van der Waals surface area contributed by atoms with Crippen molar-refractivity contribution in [1.29, 1.82) is 0 Å². The van der Waals surface area contributed by atoms with E-state index in [1.165, 1.54) is 12.1 Å². The second-order valence-electron chi connectivity index (χ2n) is 4.61. The van der Waals surface area contributed by atoms with E-state index in [2.05, 4.69) is 0 Å². The molecule has 4 nitrogen and oxygen atoms in total. The molecular weight excluding hydrogens is 236 g/mol. The van der Waals surface area contributed by atoms with Crippen LogP contribution >= 0.6 is 0 Å². The highest BCUT2D eigenvalue weighted by Crippen LogP contribution is 2.30. The summed E-state index contributed by atoms with van der Waals surface area (Å²) >= 11 is 0. The number of rotatable bonds is 5. The van der Waals surface area contributed by atoms with Crippen molar-refractivity contribution < 1.29 is 19.1 Å². The van der Waals surface area contributed by atoms with Gasteiger partial charge in [0, 0.05) is 0 Å². The van der Waals surface area contributed by atoms with Crippen LogP contribution in [0.3, 0.4) is 0 Å². The molecule has 0 fully saturated rings. The van der Waals surface area contributed by atoms with Crippen LogP contribution in [0, 0.1) is 0 Å². The van der Waals surface area contributed by atoms with Crippen molar-refractivity contribution in [2.24, 2.45) is 0 Å². The molecule has 0 saturated heterocycles. The number of hydrogen-bond acceptors (Lipinski definition) is 3. The standard InChI is InChI=1S/C12H18O4Si/c1-5-15-10-7-6-9(12(13)14)8-11(10)16-17(2,3)4/h6-8H,5H2,1-4H3,(H,13,14). The highest BCUT2D eigenvalue weighted by atomic mass is 28.4. The molecule has 0 aliphatic heterocycles. The summed E-state index contributed by atoms with van der Waals surface area (Å²) in [6.07, 6.45) is 0. The molecule has 0 bridgehead atoms. The largest absolute Gasteiger partial charge is 0.542 e. The Morgan fingerprint density at radius 1 is 1.29 bits per heavy atom. The van der Waals surface area contributed by atoms with Gasteiger partial charge in [0.15, 0.2) is 5.75 Å². The van der Waals surface area contributed by atoms with Gasteiger partial charge in [0.05, 0.1) is 12.2 Å². The van der Waals surface area contributed by atoms with Crippen LogP contribution in [0.5, 0.6) is 11.5 Å². The number of benzene rings is 1. The van der Waals surface area contributed by atoms with Crippen LogP contribution in [0.1, 0.15) is 17.3 Å². The molecule has 0 aliphatic rings. The van der Waals surface area contributed by atoms with Gasteiger partial charge >= 0.3 is 5.97 Å². The summed E-state index contributed by atoms with van der Waals surface area (Å²) in [5, 5.41) is 8.94. The Hall–Kier alpha value is -1.49. The van der Waals surface area contributed by atoms with Crippen LogP contribution in [0.25, 0.3) is 0 Å². The van der Waals surface area contributed by atoms with E-state index in [0.717, 1.165) is 0 Å². The molecule has 1 aromatic rings. The Balaban J connectivity index is 3.11. The van der Waals surface area contributed by atoms with Crippen LogP contribution in [0.4, 0.5) is 0 Å².